The number of benzene rings is 1. The van der Waals surface area contributed by atoms with Crippen molar-refractivity contribution in [2.75, 3.05) is 19.8 Å². The molecule has 0 spiro atoms. The maximum Gasteiger partial charge on any atom is 0.339 e. The predicted octanol–water partition coefficient (Wildman–Crippen LogP) is 3.62. The molecule has 0 bridgehead atoms. The standard InChI is InChI=1S/C22H30O8/c1-4-22(2,3)21(27)30-15-14-29-20(26)17-11-8-7-10-16(17)19(25)28-13-9-5-6-12-18(23)24/h7-8,10-11H,4-6,9,12-15H2,1-3H3,(H,23,24). The number of carbonyl (C=O) groups excluding carboxylic acids is 3. The second-order valence-corrected chi connectivity index (χ2v) is 7.40. The lowest BCUT2D eigenvalue weighted by Gasteiger charge is -2.20. The minimum Gasteiger partial charge on any atom is -0.481 e. The molecule has 0 fully saturated rings. The Kier molecular flexibility index (Phi) is 10.6. The van der Waals surface area contributed by atoms with Crippen LogP contribution < -0.4 is 0 Å². The van der Waals surface area contributed by atoms with E-state index in [2.05, 4.69) is 0 Å². The molecule has 1 rings (SSSR count). The molecular formula is C22H30O8. The summed E-state index contributed by atoms with van der Waals surface area (Å²) < 4.78 is 15.4. The second-order valence-electron chi connectivity index (χ2n) is 7.40. The number of ether oxygens (including phenoxy) is 3. The first kappa shape index (κ1) is 25.1. The van der Waals surface area contributed by atoms with Crippen LogP contribution in [0.3, 0.4) is 0 Å². The fourth-order valence-electron chi connectivity index (χ4n) is 2.32. The molecule has 0 aromatic heterocycles. The SMILES string of the molecule is CCC(C)(C)C(=O)OCCOC(=O)c1ccccc1C(=O)OCCCCCC(=O)O. The van der Waals surface area contributed by atoms with Gasteiger partial charge in [-0.05, 0) is 51.7 Å². The highest BCUT2D eigenvalue weighted by molar-refractivity contribution is 6.03. The lowest BCUT2D eigenvalue weighted by Crippen LogP contribution is -2.27. The van der Waals surface area contributed by atoms with Crippen LogP contribution >= 0.6 is 0 Å². The fourth-order valence-corrected chi connectivity index (χ4v) is 2.32. The topological polar surface area (TPSA) is 116 Å². The number of carboxylic acid groups (broad SMARTS) is 1. The van der Waals surface area contributed by atoms with Crippen LogP contribution in [0.5, 0.6) is 0 Å². The quantitative estimate of drug-likeness (QED) is 0.291. The Morgan fingerprint density at radius 2 is 1.37 bits per heavy atom. The van der Waals surface area contributed by atoms with Gasteiger partial charge in [0, 0.05) is 6.42 Å². The van der Waals surface area contributed by atoms with Crippen LogP contribution in [-0.2, 0) is 23.8 Å². The van der Waals surface area contributed by atoms with Crippen LogP contribution in [0.1, 0.15) is 73.6 Å². The number of unbranched alkanes of at least 4 members (excludes halogenated alkanes) is 2. The van der Waals surface area contributed by atoms with Crippen molar-refractivity contribution in [2.45, 2.75) is 52.9 Å². The number of esters is 3. The molecule has 0 aliphatic heterocycles. The molecule has 0 aliphatic carbocycles. The summed E-state index contributed by atoms with van der Waals surface area (Å²) in [5, 5.41) is 8.59. The molecule has 1 aromatic rings. The minimum absolute atomic E-state index is 0.0635. The van der Waals surface area contributed by atoms with Crippen LogP contribution in [0, 0.1) is 5.41 Å². The van der Waals surface area contributed by atoms with Gasteiger partial charge in [-0.1, -0.05) is 19.1 Å². The number of rotatable bonds is 13. The molecular weight excluding hydrogens is 392 g/mol. The van der Waals surface area contributed by atoms with Crippen molar-refractivity contribution < 1.29 is 38.5 Å². The molecule has 0 atom stereocenters. The minimum atomic E-state index is -0.858. The summed E-state index contributed by atoms with van der Waals surface area (Å²) in [7, 11) is 0. The highest BCUT2D eigenvalue weighted by atomic mass is 16.6. The Bertz CT molecular complexity index is 738. The number of carbonyl (C=O) groups is 4. The summed E-state index contributed by atoms with van der Waals surface area (Å²) in [6.07, 6.45) is 2.37. The van der Waals surface area contributed by atoms with Crippen LogP contribution in [-0.4, -0.2) is 48.8 Å². The van der Waals surface area contributed by atoms with E-state index in [-0.39, 0.29) is 43.3 Å². The lowest BCUT2D eigenvalue weighted by atomic mass is 9.91. The first-order valence-corrected chi connectivity index (χ1v) is 10.0. The van der Waals surface area contributed by atoms with Gasteiger partial charge in [-0.15, -0.1) is 0 Å². The average molecular weight is 422 g/mol. The van der Waals surface area contributed by atoms with Gasteiger partial charge in [0.2, 0.25) is 0 Å². The molecule has 0 saturated heterocycles. The first-order valence-electron chi connectivity index (χ1n) is 10.0. The Balaban J connectivity index is 2.49. The van der Waals surface area contributed by atoms with E-state index >= 15 is 0 Å². The molecule has 0 aliphatic rings. The maximum absolute atomic E-state index is 12.3. The average Bonchev–Trinajstić information content (AvgIpc) is 2.72. The fraction of sp³-hybridized carbons (Fsp3) is 0.545. The van der Waals surface area contributed by atoms with Crippen molar-refractivity contribution in [1.29, 1.82) is 0 Å². The van der Waals surface area contributed by atoms with Gasteiger partial charge in [0.25, 0.3) is 0 Å². The Labute approximate surface area is 176 Å². The molecule has 8 heteroatoms. The normalized spacial score (nSPS) is 10.9. The highest BCUT2D eigenvalue weighted by Crippen LogP contribution is 2.21. The second kappa shape index (κ2) is 12.6. The van der Waals surface area contributed by atoms with Gasteiger partial charge in [-0.25, -0.2) is 9.59 Å². The number of hydrogen-bond acceptors (Lipinski definition) is 7. The summed E-state index contributed by atoms with van der Waals surface area (Å²) in [5.74, 6) is -2.59. The van der Waals surface area contributed by atoms with Crippen LogP contribution in [0.4, 0.5) is 0 Å². The van der Waals surface area contributed by atoms with Crippen LogP contribution in [0.25, 0.3) is 0 Å². The van der Waals surface area contributed by atoms with Crippen molar-refractivity contribution in [3.05, 3.63) is 35.4 Å². The van der Waals surface area contributed by atoms with E-state index < -0.39 is 23.3 Å². The molecule has 30 heavy (non-hydrogen) atoms. The van der Waals surface area contributed by atoms with Gasteiger partial charge in [-0.3, -0.25) is 9.59 Å². The van der Waals surface area contributed by atoms with Gasteiger partial charge < -0.3 is 19.3 Å². The van der Waals surface area contributed by atoms with E-state index in [1.807, 2.05) is 6.92 Å². The number of carboxylic acids is 1. The highest BCUT2D eigenvalue weighted by Gasteiger charge is 2.27. The third-order valence-corrected chi connectivity index (χ3v) is 4.62. The van der Waals surface area contributed by atoms with E-state index in [9.17, 15) is 19.2 Å². The Hall–Kier alpha value is -2.90. The van der Waals surface area contributed by atoms with Crippen molar-refractivity contribution in [1.82, 2.24) is 0 Å². The van der Waals surface area contributed by atoms with Gasteiger partial charge in [0.15, 0.2) is 0 Å². The number of hydrogen-bond donors (Lipinski definition) is 1. The first-order chi connectivity index (χ1) is 14.2. The van der Waals surface area contributed by atoms with Crippen molar-refractivity contribution in [3.8, 4) is 0 Å². The van der Waals surface area contributed by atoms with E-state index in [4.69, 9.17) is 19.3 Å². The molecule has 1 N–H and O–H groups in total. The van der Waals surface area contributed by atoms with E-state index in [1.54, 1.807) is 26.0 Å². The molecule has 1 aromatic carbocycles. The Morgan fingerprint density at radius 3 is 1.90 bits per heavy atom. The van der Waals surface area contributed by atoms with Gasteiger partial charge >= 0.3 is 23.9 Å². The van der Waals surface area contributed by atoms with Crippen LogP contribution in [0.15, 0.2) is 24.3 Å². The summed E-state index contributed by atoms with van der Waals surface area (Å²) in [6, 6.07) is 6.13. The smallest absolute Gasteiger partial charge is 0.339 e. The Morgan fingerprint density at radius 1 is 0.833 bits per heavy atom. The van der Waals surface area contributed by atoms with Crippen molar-refractivity contribution in [3.63, 3.8) is 0 Å². The zero-order valence-corrected chi connectivity index (χ0v) is 17.8. The molecule has 0 amide bonds. The summed E-state index contributed by atoms with van der Waals surface area (Å²) >= 11 is 0. The summed E-state index contributed by atoms with van der Waals surface area (Å²) in [6.45, 7) is 5.36. The zero-order valence-electron chi connectivity index (χ0n) is 17.8. The molecule has 8 nitrogen and oxygen atoms in total. The lowest BCUT2D eigenvalue weighted by molar-refractivity contribution is -0.155. The molecule has 0 unspecified atom stereocenters. The molecule has 0 saturated carbocycles. The molecule has 0 heterocycles. The summed E-state index contributed by atoms with van der Waals surface area (Å²) in [4.78, 5) is 47.0. The van der Waals surface area contributed by atoms with Crippen molar-refractivity contribution in [2.24, 2.45) is 5.41 Å². The zero-order chi connectivity index (χ0) is 22.6. The number of aliphatic carboxylic acids is 1. The third kappa shape index (κ3) is 8.63. The van der Waals surface area contributed by atoms with Gasteiger partial charge in [0.05, 0.1) is 23.1 Å². The van der Waals surface area contributed by atoms with Gasteiger partial charge in [0.1, 0.15) is 13.2 Å². The van der Waals surface area contributed by atoms with Gasteiger partial charge in [-0.2, -0.15) is 0 Å². The van der Waals surface area contributed by atoms with E-state index in [0.717, 1.165) is 0 Å². The maximum atomic E-state index is 12.3. The largest absolute Gasteiger partial charge is 0.481 e. The molecule has 0 radical (unpaired) electrons. The molecule has 166 valence electrons. The van der Waals surface area contributed by atoms with Crippen molar-refractivity contribution >= 4 is 23.9 Å². The monoisotopic (exact) mass is 422 g/mol. The predicted molar refractivity (Wildman–Crippen MR) is 108 cm³/mol. The van der Waals surface area contributed by atoms with Crippen LogP contribution in [0.2, 0.25) is 0 Å². The summed E-state index contributed by atoms with van der Waals surface area (Å²) in [5.41, 5.74) is -0.459. The van der Waals surface area contributed by atoms with E-state index in [1.165, 1.54) is 12.1 Å². The van der Waals surface area contributed by atoms with E-state index in [0.29, 0.717) is 25.7 Å². The third-order valence-electron chi connectivity index (χ3n) is 4.62.